The number of amidine groups is 1. The van der Waals surface area contributed by atoms with Crippen LogP contribution in [0.3, 0.4) is 0 Å². The van der Waals surface area contributed by atoms with Crippen LogP contribution in [0.5, 0.6) is 0 Å². The molecule has 1 aliphatic rings. The zero-order chi connectivity index (χ0) is 12.3. The van der Waals surface area contributed by atoms with Crippen molar-refractivity contribution in [3.05, 3.63) is 23.9 Å². The van der Waals surface area contributed by atoms with Gasteiger partial charge < -0.3 is 20.6 Å². The molecule has 0 radical (unpaired) electrons. The second-order valence-electron chi connectivity index (χ2n) is 3.99. The maximum Gasteiger partial charge on any atom is 0.188 e. The van der Waals surface area contributed by atoms with Gasteiger partial charge >= 0.3 is 0 Å². The summed E-state index contributed by atoms with van der Waals surface area (Å²) in [6, 6.07) is 5.46. The van der Waals surface area contributed by atoms with Crippen LogP contribution in [-0.4, -0.2) is 41.8 Å². The van der Waals surface area contributed by atoms with Crippen molar-refractivity contribution in [2.75, 3.05) is 24.6 Å². The minimum absolute atomic E-state index is 0.0214. The zero-order valence-electron chi connectivity index (χ0n) is 9.71. The molecule has 1 aromatic rings. The topological polar surface area (TPSA) is 84.0 Å². The Hall–Kier alpha value is -1.82. The van der Waals surface area contributed by atoms with Gasteiger partial charge in [0.1, 0.15) is 11.5 Å². The highest BCUT2D eigenvalue weighted by Gasteiger charge is 2.18. The molecule has 0 aliphatic carbocycles. The predicted molar refractivity (Wildman–Crippen MR) is 64.4 cm³/mol. The number of ether oxygens (including phenoxy) is 1. The quantitative estimate of drug-likeness (QED) is 0.336. The first-order valence-corrected chi connectivity index (χ1v) is 5.52. The molecular weight excluding hydrogens is 220 g/mol. The van der Waals surface area contributed by atoms with Gasteiger partial charge in [-0.2, -0.15) is 0 Å². The average Bonchev–Trinajstić information content (AvgIpc) is 2.38. The Bertz CT molecular complexity index is 422. The van der Waals surface area contributed by atoms with Crippen molar-refractivity contribution < 1.29 is 9.94 Å². The van der Waals surface area contributed by atoms with Crippen molar-refractivity contribution in [1.82, 2.24) is 4.98 Å². The fourth-order valence-corrected chi connectivity index (χ4v) is 1.82. The lowest BCUT2D eigenvalue weighted by atomic mass is 10.2. The third kappa shape index (κ3) is 2.65. The SMILES string of the molecule is CC1CN(c2cccc(C(N)=NO)n2)CCO1. The van der Waals surface area contributed by atoms with Gasteiger partial charge in [-0.3, -0.25) is 0 Å². The summed E-state index contributed by atoms with van der Waals surface area (Å²) in [7, 11) is 0. The molecule has 1 unspecified atom stereocenters. The molecular formula is C11H16N4O2. The third-order valence-corrected chi connectivity index (χ3v) is 2.67. The molecule has 1 fully saturated rings. The lowest BCUT2D eigenvalue weighted by Gasteiger charge is -2.32. The first-order chi connectivity index (χ1) is 8.20. The van der Waals surface area contributed by atoms with Gasteiger partial charge in [-0.25, -0.2) is 4.98 Å². The van der Waals surface area contributed by atoms with E-state index in [1.807, 2.05) is 19.1 Å². The van der Waals surface area contributed by atoms with Crippen LogP contribution in [0.25, 0.3) is 0 Å². The molecule has 2 heterocycles. The largest absolute Gasteiger partial charge is 0.409 e. The van der Waals surface area contributed by atoms with E-state index in [1.165, 1.54) is 0 Å². The highest BCUT2D eigenvalue weighted by Crippen LogP contribution is 2.15. The third-order valence-electron chi connectivity index (χ3n) is 2.67. The highest BCUT2D eigenvalue weighted by atomic mass is 16.5. The Labute approximate surface area is 99.7 Å². The Morgan fingerprint density at radius 3 is 3.18 bits per heavy atom. The number of nitrogens with zero attached hydrogens (tertiary/aromatic N) is 3. The van der Waals surface area contributed by atoms with Gasteiger partial charge in [0.25, 0.3) is 0 Å². The molecule has 0 bridgehead atoms. The van der Waals surface area contributed by atoms with Crippen molar-refractivity contribution in [3.63, 3.8) is 0 Å². The number of pyridine rings is 1. The minimum Gasteiger partial charge on any atom is -0.409 e. The van der Waals surface area contributed by atoms with E-state index in [0.717, 1.165) is 18.9 Å². The second-order valence-corrected chi connectivity index (χ2v) is 3.99. The fraction of sp³-hybridized carbons (Fsp3) is 0.455. The Morgan fingerprint density at radius 1 is 1.65 bits per heavy atom. The van der Waals surface area contributed by atoms with Crippen molar-refractivity contribution in [2.24, 2.45) is 10.9 Å². The molecule has 0 aromatic carbocycles. The van der Waals surface area contributed by atoms with Crippen LogP contribution in [0.4, 0.5) is 5.82 Å². The summed E-state index contributed by atoms with van der Waals surface area (Å²) in [6.07, 6.45) is 0.193. The van der Waals surface area contributed by atoms with Crippen LogP contribution in [0.1, 0.15) is 12.6 Å². The lowest BCUT2D eigenvalue weighted by Crippen LogP contribution is -2.41. The van der Waals surface area contributed by atoms with Gasteiger partial charge in [0.15, 0.2) is 5.84 Å². The highest BCUT2D eigenvalue weighted by molar-refractivity contribution is 5.95. The Balaban J connectivity index is 2.21. The van der Waals surface area contributed by atoms with Gasteiger partial charge in [0, 0.05) is 13.1 Å². The van der Waals surface area contributed by atoms with E-state index in [-0.39, 0.29) is 11.9 Å². The summed E-state index contributed by atoms with van der Waals surface area (Å²) in [5.41, 5.74) is 5.99. The Kier molecular flexibility index (Phi) is 3.43. The van der Waals surface area contributed by atoms with Crippen molar-refractivity contribution in [2.45, 2.75) is 13.0 Å². The molecule has 92 valence electrons. The number of nitrogens with two attached hydrogens (primary N) is 1. The summed E-state index contributed by atoms with van der Waals surface area (Å²) in [5.74, 6) is 0.845. The maximum atomic E-state index is 8.62. The molecule has 0 spiro atoms. The van der Waals surface area contributed by atoms with E-state index in [4.69, 9.17) is 15.7 Å². The first-order valence-electron chi connectivity index (χ1n) is 5.52. The number of rotatable bonds is 2. The minimum atomic E-state index is 0.0214. The summed E-state index contributed by atoms with van der Waals surface area (Å²) in [6.45, 7) is 4.32. The lowest BCUT2D eigenvalue weighted by molar-refractivity contribution is 0.0529. The molecule has 3 N–H and O–H groups in total. The molecule has 1 aromatic heterocycles. The van der Waals surface area contributed by atoms with E-state index in [0.29, 0.717) is 12.3 Å². The smallest absolute Gasteiger partial charge is 0.188 e. The number of morpholine rings is 1. The normalized spacial score (nSPS) is 21.6. The van der Waals surface area contributed by atoms with Crippen molar-refractivity contribution >= 4 is 11.7 Å². The maximum absolute atomic E-state index is 8.62. The standard InChI is InChI=1S/C11H16N4O2/c1-8-7-15(5-6-17-8)10-4-2-3-9(13-10)11(12)14-16/h2-4,8,16H,5-7H2,1H3,(H2,12,14). The van der Waals surface area contributed by atoms with Gasteiger partial charge in [-0.05, 0) is 19.1 Å². The van der Waals surface area contributed by atoms with Crippen LogP contribution in [0, 0.1) is 0 Å². The van der Waals surface area contributed by atoms with Crippen LogP contribution < -0.4 is 10.6 Å². The number of hydrogen-bond acceptors (Lipinski definition) is 5. The van der Waals surface area contributed by atoms with Crippen molar-refractivity contribution in [3.8, 4) is 0 Å². The first kappa shape index (κ1) is 11.7. The fourth-order valence-electron chi connectivity index (χ4n) is 1.82. The van der Waals surface area contributed by atoms with E-state index < -0.39 is 0 Å². The number of anilines is 1. The number of hydrogen-bond donors (Lipinski definition) is 2. The second kappa shape index (κ2) is 5.01. The molecule has 6 heteroatoms. The average molecular weight is 236 g/mol. The van der Waals surface area contributed by atoms with Crippen LogP contribution in [0.15, 0.2) is 23.4 Å². The van der Waals surface area contributed by atoms with E-state index in [2.05, 4.69) is 15.0 Å². The van der Waals surface area contributed by atoms with Gasteiger partial charge in [0.05, 0.1) is 12.7 Å². The molecule has 2 rings (SSSR count). The molecule has 1 atom stereocenters. The molecule has 17 heavy (non-hydrogen) atoms. The van der Waals surface area contributed by atoms with E-state index in [9.17, 15) is 0 Å². The van der Waals surface area contributed by atoms with Crippen LogP contribution in [0.2, 0.25) is 0 Å². The molecule has 6 nitrogen and oxygen atoms in total. The summed E-state index contributed by atoms with van der Waals surface area (Å²) >= 11 is 0. The summed E-state index contributed by atoms with van der Waals surface area (Å²) < 4.78 is 5.47. The van der Waals surface area contributed by atoms with Crippen LogP contribution >= 0.6 is 0 Å². The zero-order valence-corrected chi connectivity index (χ0v) is 9.71. The van der Waals surface area contributed by atoms with Crippen molar-refractivity contribution in [1.29, 1.82) is 0 Å². The van der Waals surface area contributed by atoms with Crippen LogP contribution in [-0.2, 0) is 4.74 Å². The Morgan fingerprint density at radius 2 is 2.47 bits per heavy atom. The number of aromatic nitrogens is 1. The van der Waals surface area contributed by atoms with E-state index >= 15 is 0 Å². The monoisotopic (exact) mass is 236 g/mol. The molecule has 1 saturated heterocycles. The van der Waals surface area contributed by atoms with Gasteiger partial charge in [0.2, 0.25) is 0 Å². The van der Waals surface area contributed by atoms with E-state index in [1.54, 1.807) is 6.07 Å². The summed E-state index contributed by atoms with van der Waals surface area (Å²) in [5, 5.41) is 11.6. The van der Waals surface area contributed by atoms with Gasteiger partial charge in [-0.15, -0.1) is 0 Å². The van der Waals surface area contributed by atoms with Gasteiger partial charge in [-0.1, -0.05) is 11.2 Å². The number of oxime groups is 1. The molecule has 0 saturated carbocycles. The summed E-state index contributed by atoms with van der Waals surface area (Å²) in [4.78, 5) is 6.48. The molecule has 1 aliphatic heterocycles. The predicted octanol–water partition coefficient (Wildman–Crippen LogP) is 0.401. The molecule has 0 amide bonds.